The molecule has 0 unspecified atom stereocenters. The normalized spacial score (nSPS) is 10.3. The number of para-hydroxylation sites is 1. The van der Waals surface area contributed by atoms with E-state index < -0.39 is 7.26 Å². The van der Waals surface area contributed by atoms with Crippen LogP contribution in [0.1, 0.15) is 1.43 Å². The largest absolute Gasteiger partial charge is 1.00 e. The first-order valence-corrected chi connectivity index (χ1v) is 12.5. The van der Waals surface area contributed by atoms with Crippen LogP contribution in [0.3, 0.4) is 0 Å². The molecule has 5 aromatic rings. The Kier molecular flexibility index (Phi) is 10.1. The van der Waals surface area contributed by atoms with Gasteiger partial charge in [-0.3, -0.25) is 0 Å². The molecule has 5 rings (SSSR count). The van der Waals surface area contributed by atoms with E-state index in [1.54, 1.807) is 24.3 Å². The summed E-state index contributed by atoms with van der Waals surface area (Å²) in [6.45, 7) is 0. The zero-order chi connectivity index (χ0) is 22.1. The predicted octanol–water partition coefficient (Wildman–Crippen LogP) is 2.81. The molecule has 0 aliphatic rings. The Hall–Kier alpha value is -2.03. The number of benzene rings is 5. The molecule has 0 amide bonds. The second-order valence-electron chi connectivity index (χ2n) is 7.35. The fourth-order valence-corrected chi connectivity index (χ4v) is 8.20. The van der Waals surface area contributed by atoms with Gasteiger partial charge in [0, 0.05) is 0 Å². The Balaban J connectivity index is 0.000000393. The first-order chi connectivity index (χ1) is 15.8. The third-order valence-corrected chi connectivity index (χ3v) is 9.62. The van der Waals surface area contributed by atoms with Gasteiger partial charge in [0.1, 0.15) is 34.2 Å². The number of phenolic OH excluding ortho intramolecular Hbond substituents is 1. The molecular weight excluding hydrogens is 446 g/mol. The number of aromatic hydroxyl groups is 1. The molecule has 0 aliphatic carbocycles. The van der Waals surface area contributed by atoms with Gasteiger partial charge in [-0.25, -0.2) is 0 Å². The van der Waals surface area contributed by atoms with Gasteiger partial charge in [0.15, 0.2) is 0 Å². The molecule has 1 nitrogen and oxygen atoms in total. The van der Waals surface area contributed by atoms with Gasteiger partial charge in [-0.2, -0.15) is 0 Å². The Labute approximate surface area is 241 Å². The summed E-state index contributed by atoms with van der Waals surface area (Å²) >= 11 is 0. The van der Waals surface area contributed by atoms with Gasteiger partial charge in [-0.1, -0.05) is 91.0 Å². The van der Waals surface area contributed by atoms with Crippen molar-refractivity contribution >= 4 is 28.5 Å². The van der Waals surface area contributed by atoms with E-state index >= 15 is 0 Å². The molecule has 3 heteroatoms. The van der Waals surface area contributed by atoms with E-state index in [1.165, 1.54) is 21.2 Å². The van der Waals surface area contributed by atoms with Crippen LogP contribution in [0.15, 0.2) is 152 Å². The minimum atomic E-state index is -1.91. The van der Waals surface area contributed by atoms with Crippen LogP contribution >= 0.6 is 7.26 Å². The molecule has 0 aliphatic heterocycles. The second-order valence-corrected chi connectivity index (χ2v) is 10.8. The average Bonchev–Trinajstić information content (AvgIpc) is 2.88. The van der Waals surface area contributed by atoms with Gasteiger partial charge in [-0.05, 0) is 60.7 Å². The predicted molar refractivity (Wildman–Crippen MR) is 140 cm³/mol. The van der Waals surface area contributed by atoms with Crippen molar-refractivity contribution in [2.45, 2.75) is 0 Å². The number of hydrogen-bond donors (Lipinski definition) is 1. The molecule has 158 valence electrons. The van der Waals surface area contributed by atoms with Crippen molar-refractivity contribution in [3.05, 3.63) is 152 Å². The Morgan fingerprint density at radius 1 is 0.364 bits per heavy atom. The smallest absolute Gasteiger partial charge is 1.00 e. The first kappa shape index (κ1) is 25.6. The van der Waals surface area contributed by atoms with Crippen LogP contribution in [0, 0.1) is 0 Å². The molecule has 0 radical (unpaired) electrons. The first-order valence-electron chi connectivity index (χ1n) is 10.7. The Morgan fingerprint density at radius 2 is 0.576 bits per heavy atom. The minimum absolute atomic E-state index is 0. The molecule has 0 fully saturated rings. The molecule has 5 aromatic carbocycles. The summed E-state index contributed by atoms with van der Waals surface area (Å²) in [6, 6.07) is 52.5. The number of rotatable bonds is 4. The van der Waals surface area contributed by atoms with Crippen LogP contribution in [-0.4, -0.2) is 5.11 Å². The third-order valence-electron chi connectivity index (χ3n) is 5.33. The standard InChI is InChI=1S/C24H20P.C6H6O.K.H/c1-5-13-21(14-6-1)25(22-15-7-2-8-16-22,23-17-9-3-10-18-23)24-19-11-4-12-20-24;7-6-4-2-1-3-5-6;;/h1-20H;1-5,7H;;/q+1;;+1;-1. The molecule has 0 saturated carbocycles. The summed E-state index contributed by atoms with van der Waals surface area (Å²) in [5.41, 5.74) is 0. The molecule has 1 N–H and O–H groups in total. The summed E-state index contributed by atoms with van der Waals surface area (Å²) < 4.78 is 0. The van der Waals surface area contributed by atoms with E-state index in [0.29, 0.717) is 5.75 Å². The maximum atomic E-state index is 8.63. The van der Waals surface area contributed by atoms with Crippen LogP contribution in [0.2, 0.25) is 0 Å². The summed E-state index contributed by atoms with van der Waals surface area (Å²) in [7, 11) is -1.91. The molecule has 0 aromatic heterocycles. The molecule has 0 bridgehead atoms. The van der Waals surface area contributed by atoms with Crippen LogP contribution in [0.5, 0.6) is 5.75 Å². The number of hydrogen-bond acceptors (Lipinski definition) is 1. The second kappa shape index (κ2) is 13.0. The van der Waals surface area contributed by atoms with Crippen molar-refractivity contribution in [3.63, 3.8) is 0 Å². The van der Waals surface area contributed by atoms with Crippen LogP contribution < -0.4 is 72.6 Å². The monoisotopic (exact) mass is 473 g/mol. The van der Waals surface area contributed by atoms with Crippen LogP contribution in [0.4, 0.5) is 0 Å². The van der Waals surface area contributed by atoms with E-state index in [0.717, 1.165) is 0 Å². The molecule has 0 spiro atoms. The molecule has 0 saturated heterocycles. The molecule has 0 atom stereocenters. The average molecular weight is 474 g/mol. The Bertz CT molecular complexity index is 1040. The third kappa shape index (κ3) is 6.10. The van der Waals surface area contributed by atoms with Gasteiger partial charge in [0.2, 0.25) is 0 Å². The van der Waals surface area contributed by atoms with Crippen LogP contribution in [-0.2, 0) is 0 Å². The molecule has 33 heavy (non-hydrogen) atoms. The van der Waals surface area contributed by atoms with Crippen molar-refractivity contribution in [3.8, 4) is 5.75 Å². The SMILES string of the molecule is Oc1ccccc1.[H-].[K+].c1ccc([P+](c2ccccc2)(c2ccccc2)c2ccccc2)cc1. The van der Waals surface area contributed by atoms with Gasteiger partial charge in [0.25, 0.3) is 0 Å². The van der Waals surface area contributed by atoms with Crippen molar-refractivity contribution in [1.82, 2.24) is 0 Å². The Morgan fingerprint density at radius 3 is 0.758 bits per heavy atom. The summed E-state index contributed by atoms with van der Waals surface area (Å²) in [6.07, 6.45) is 0. The fraction of sp³-hybridized carbons (Fsp3) is 0. The van der Waals surface area contributed by atoms with E-state index in [9.17, 15) is 0 Å². The van der Waals surface area contributed by atoms with Crippen LogP contribution in [0.25, 0.3) is 0 Å². The van der Waals surface area contributed by atoms with Crippen molar-refractivity contribution in [2.75, 3.05) is 0 Å². The van der Waals surface area contributed by atoms with Gasteiger partial charge >= 0.3 is 51.4 Å². The molecular formula is C30H27KOP+. The topological polar surface area (TPSA) is 20.2 Å². The van der Waals surface area contributed by atoms with Gasteiger partial charge < -0.3 is 6.53 Å². The number of phenols is 1. The summed E-state index contributed by atoms with van der Waals surface area (Å²) in [5, 5.41) is 14.2. The van der Waals surface area contributed by atoms with Crippen molar-refractivity contribution in [2.24, 2.45) is 0 Å². The van der Waals surface area contributed by atoms with Crippen molar-refractivity contribution in [1.29, 1.82) is 0 Å². The van der Waals surface area contributed by atoms with Crippen molar-refractivity contribution < 1.29 is 57.9 Å². The van der Waals surface area contributed by atoms with Gasteiger partial charge in [-0.15, -0.1) is 0 Å². The summed E-state index contributed by atoms with van der Waals surface area (Å²) in [5.74, 6) is 0.322. The maximum Gasteiger partial charge on any atom is 1.00 e. The fourth-order valence-electron chi connectivity index (χ4n) is 3.93. The van der Waals surface area contributed by atoms with E-state index in [4.69, 9.17) is 5.11 Å². The zero-order valence-electron chi connectivity index (χ0n) is 19.8. The minimum Gasteiger partial charge on any atom is -1.00 e. The zero-order valence-corrected chi connectivity index (χ0v) is 22.8. The van der Waals surface area contributed by atoms with Gasteiger partial charge in [0.05, 0.1) is 0 Å². The van der Waals surface area contributed by atoms with E-state index in [2.05, 4.69) is 121 Å². The maximum absolute atomic E-state index is 8.63. The summed E-state index contributed by atoms with van der Waals surface area (Å²) in [4.78, 5) is 0. The molecule has 0 heterocycles. The quantitative estimate of drug-likeness (QED) is 0.314. The van der Waals surface area contributed by atoms with E-state index in [1.807, 2.05) is 6.07 Å². The van der Waals surface area contributed by atoms with E-state index in [-0.39, 0.29) is 52.8 Å².